The fourth-order valence-electron chi connectivity index (χ4n) is 14.6. The number of alkyl halides is 6. The van der Waals surface area contributed by atoms with Crippen LogP contribution in [-0.4, -0.2) is 139 Å². The predicted octanol–water partition coefficient (Wildman–Crippen LogP) is 25.6. The molecule has 4 rings (SSSR count). The zero-order valence-electron chi connectivity index (χ0n) is 69.7. The number of nitrogens with zero attached hydrogens (tertiary/aromatic N) is 2. The number of likely N-dealkylation sites (tertiary alicyclic amines) is 1. The monoisotopic (exact) mass is 1740 g/mol. The van der Waals surface area contributed by atoms with Gasteiger partial charge in [0.05, 0.1) is 12.8 Å². The van der Waals surface area contributed by atoms with Crippen LogP contribution in [0.15, 0.2) is 60.7 Å². The molecule has 2 heterocycles. The molecule has 0 saturated carbocycles. The molecule has 2 amide bonds. The molecular weight excluding hydrogens is 1600 g/mol. The van der Waals surface area contributed by atoms with E-state index >= 15 is 18.9 Å². The highest BCUT2D eigenvalue weighted by molar-refractivity contribution is 7.49. The van der Waals surface area contributed by atoms with Gasteiger partial charge in [0.15, 0.2) is 23.5 Å². The van der Waals surface area contributed by atoms with Crippen LogP contribution in [0.1, 0.15) is 350 Å². The van der Waals surface area contributed by atoms with Gasteiger partial charge in [-0.1, -0.05) is 365 Å². The standard InChI is InChI=1S/C87H141Cl6N2O18P/c1-7-11-15-19-23-27-29-33-37-41-51-61-76(97)106-72(59-45-39-35-31-25-21-17-13-9-3)65-75(96)95(82(101)105-69-86(88,89)90)85(68-94-63-53-54-64-94)80(109-78(99)66-73(60-46-40-36-32-26-22-18-14-10-4)107-77(98)62-52-42-38-34-30-28-24-20-16-12-8-2)79(74(108-81(85)100)67-104-83(102)110-84(5,6)87(91,92)93)113-114(103,111-70-55-47-43-48-56-70)112-71-57-49-44-50-58-71/h43-44,47-50,55-58,72-74,79-81,100H,7-42,45-46,51-54,59-69H2,1-6H3/t72-,73-,74-,79-,80+,81+,85?/m1/s1. The molecule has 2 aliphatic heterocycles. The van der Waals surface area contributed by atoms with Crippen molar-refractivity contribution < 1.29 is 85.2 Å². The van der Waals surface area contributed by atoms with E-state index in [0.29, 0.717) is 43.4 Å². The quantitative estimate of drug-likeness (QED) is 0.0213. The van der Waals surface area contributed by atoms with E-state index in [9.17, 15) is 19.5 Å². The summed E-state index contributed by atoms with van der Waals surface area (Å²) in [6.07, 6.45) is 26.6. The SMILES string of the molecule is CCCCCCCCCCCCCC(=O)O[C@H](CCCCCCCCCCC)CC(=O)O[C@H]1[C@H](OP(=O)(Oc2ccccc2)Oc2ccccc2)[C@@H](COC(=O)OC(C)(C)C(Cl)(Cl)Cl)O[C@H](O)C1(CN1CCCC1)N(C(=O)C[C@@H](CCCCCCCCCCC)OC(=O)CCCCCCCCCCCCC)C(=O)OCC(Cl)(Cl)Cl. The van der Waals surface area contributed by atoms with Crippen LogP contribution in [0, 0.1) is 0 Å². The summed E-state index contributed by atoms with van der Waals surface area (Å²) in [5.41, 5.74) is -4.70. The summed E-state index contributed by atoms with van der Waals surface area (Å²) in [5, 5.41) is 13.6. The Morgan fingerprint density at radius 2 is 0.904 bits per heavy atom. The molecule has 2 saturated heterocycles. The average Bonchev–Trinajstić information content (AvgIpc) is 0.819. The van der Waals surface area contributed by atoms with Gasteiger partial charge in [-0.3, -0.25) is 23.7 Å². The van der Waals surface area contributed by atoms with E-state index in [1.807, 2.05) is 0 Å². The molecule has 0 aromatic heterocycles. The molecule has 2 aromatic carbocycles. The number of imide groups is 1. The number of ether oxygens (including phenoxy) is 7. The summed E-state index contributed by atoms with van der Waals surface area (Å²) in [6, 6.07) is 15.6. The zero-order valence-corrected chi connectivity index (χ0v) is 75.1. The topological polar surface area (TPSA) is 238 Å². The minimum Gasteiger partial charge on any atom is -0.462 e. The van der Waals surface area contributed by atoms with E-state index in [0.717, 1.165) is 167 Å². The number of carbonyl (C=O) groups excluding carboxylic acids is 6. The lowest BCUT2D eigenvalue weighted by Crippen LogP contribution is -2.79. The number of unbranched alkanes of at least 4 members (excludes halogenated alkanes) is 36. The van der Waals surface area contributed by atoms with Crippen molar-refractivity contribution in [2.24, 2.45) is 0 Å². The molecule has 7 atom stereocenters. The third-order valence-electron chi connectivity index (χ3n) is 21.2. The highest BCUT2D eigenvalue weighted by Gasteiger charge is 2.67. The molecule has 2 aromatic rings. The molecule has 114 heavy (non-hydrogen) atoms. The van der Waals surface area contributed by atoms with Gasteiger partial charge < -0.3 is 52.2 Å². The highest BCUT2D eigenvalue weighted by atomic mass is 35.6. The summed E-state index contributed by atoms with van der Waals surface area (Å²) in [7, 11) is -5.36. The second-order valence-corrected chi connectivity index (χ2v) is 38.0. The molecule has 0 spiro atoms. The Labute approximate surface area is 714 Å². The van der Waals surface area contributed by atoms with Gasteiger partial charge in [-0.25, -0.2) is 19.1 Å². The Balaban J connectivity index is 2.01. The second kappa shape index (κ2) is 59.2. The largest absolute Gasteiger partial charge is 0.588 e. The van der Waals surface area contributed by atoms with E-state index in [1.165, 1.54) is 102 Å². The molecule has 2 fully saturated rings. The molecule has 2 aliphatic rings. The summed E-state index contributed by atoms with van der Waals surface area (Å²) in [5.74, 6) is -3.49. The average molecular weight is 1750 g/mol. The molecule has 1 unspecified atom stereocenters. The van der Waals surface area contributed by atoms with Crippen molar-refractivity contribution in [3.8, 4) is 11.5 Å². The van der Waals surface area contributed by atoms with Crippen LogP contribution in [0.3, 0.4) is 0 Å². The number of para-hydroxylation sites is 2. The number of esters is 3. The lowest BCUT2D eigenvalue weighted by atomic mass is 9.80. The van der Waals surface area contributed by atoms with Gasteiger partial charge in [0.1, 0.15) is 49.1 Å². The molecular formula is C87H141Cl6N2O18P. The van der Waals surface area contributed by atoms with Crippen LogP contribution in [0.25, 0.3) is 0 Å². The second-order valence-electron chi connectivity index (χ2n) is 31.7. The summed E-state index contributed by atoms with van der Waals surface area (Å²) < 4.78 is 74.5. The number of carbonyl (C=O) groups is 6. The number of benzene rings is 2. The van der Waals surface area contributed by atoms with Crippen LogP contribution in [0.4, 0.5) is 9.59 Å². The van der Waals surface area contributed by atoms with E-state index in [1.54, 1.807) is 41.3 Å². The van der Waals surface area contributed by atoms with Crippen molar-refractivity contribution in [3.63, 3.8) is 0 Å². The normalized spacial score (nSPS) is 18.0. The fourth-order valence-corrected chi connectivity index (χ4v) is 16.3. The van der Waals surface area contributed by atoms with Gasteiger partial charge in [0, 0.05) is 19.4 Å². The third-order valence-corrected chi connectivity index (χ3v) is 24.3. The molecule has 1 N–H and O–H groups in total. The van der Waals surface area contributed by atoms with Crippen LogP contribution in [0.5, 0.6) is 11.5 Å². The number of phosphoric acid groups is 1. The first-order valence-electron chi connectivity index (χ1n) is 43.6. The van der Waals surface area contributed by atoms with Crippen molar-refractivity contribution in [3.05, 3.63) is 60.7 Å². The van der Waals surface area contributed by atoms with Gasteiger partial charge in [-0.15, -0.1) is 0 Å². The number of phosphoric ester groups is 1. The maximum Gasteiger partial charge on any atom is 0.588 e. The maximum atomic E-state index is 16.5. The Morgan fingerprint density at radius 3 is 1.29 bits per heavy atom. The first-order chi connectivity index (χ1) is 54.7. The van der Waals surface area contributed by atoms with Crippen LogP contribution >= 0.6 is 77.4 Å². The zero-order chi connectivity index (χ0) is 83.4. The molecule has 0 radical (unpaired) electrons. The van der Waals surface area contributed by atoms with Crippen LogP contribution in [0.2, 0.25) is 0 Å². The van der Waals surface area contributed by atoms with E-state index < -0.39 is 132 Å². The van der Waals surface area contributed by atoms with Gasteiger partial charge in [-0.05, 0) is 103 Å². The Morgan fingerprint density at radius 1 is 0.526 bits per heavy atom. The minimum atomic E-state index is -5.36. The van der Waals surface area contributed by atoms with Crippen LogP contribution < -0.4 is 9.05 Å². The Bertz CT molecular complexity index is 2920. The number of halogens is 6. The number of hydrogen-bond donors (Lipinski definition) is 1. The lowest BCUT2D eigenvalue weighted by Gasteiger charge is -2.55. The smallest absolute Gasteiger partial charge is 0.462 e. The van der Waals surface area contributed by atoms with Crippen molar-refractivity contribution in [2.75, 3.05) is 32.8 Å². The molecule has 0 bridgehead atoms. The third kappa shape index (κ3) is 43.1. The minimum absolute atomic E-state index is 0.0426. The summed E-state index contributed by atoms with van der Waals surface area (Å²) in [6.45, 7) is 9.28. The Hall–Kier alpha value is -3.53. The van der Waals surface area contributed by atoms with Crippen molar-refractivity contribution in [1.82, 2.24) is 9.80 Å². The van der Waals surface area contributed by atoms with E-state index in [4.69, 9.17) is 116 Å². The highest BCUT2D eigenvalue weighted by Crippen LogP contribution is 2.54. The number of rotatable bonds is 64. The van der Waals surface area contributed by atoms with Crippen molar-refractivity contribution >= 4 is 113 Å². The van der Waals surface area contributed by atoms with Crippen molar-refractivity contribution in [1.29, 1.82) is 0 Å². The van der Waals surface area contributed by atoms with E-state index in [2.05, 4.69) is 27.7 Å². The Kier molecular flexibility index (Phi) is 53.4. The number of hydrogen-bond acceptors (Lipinski definition) is 19. The van der Waals surface area contributed by atoms with Gasteiger partial charge in [0.25, 0.3) is 0 Å². The van der Waals surface area contributed by atoms with E-state index in [-0.39, 0.29) is 50.3 Å². The number of amides is 2. The number of aliphatic hydroxyl groups is 1. The molecule has 654 valence electrons. The fraction of sp³-hybridized carbons (Fsp3) is 0.793. The predicted molar refractivity (Wildman–Crippen MR) is 456 cm³/mol. The summed E-state index contributed by atoms with van der Waals surface area (Å²) in [4.78, 5) is 93.3. The van der Waals surface area contributed by atoms with Gasteiger partial charge in [-0.2, -0.15) is 0 Å². The van der Waals surface area contributed by atoms with Crippen LogP contribution in [-0.2, 0) is 61.4 Å². The first-order valence-corrected chi connectivity index (χ1v) is 47.3. The maximum absolute atomic E-state index is 16.5. The first kappa shape index (κ1) is 103. The summed E-state index contributed by atoms with van der Waals surface area (Å²) >= 11 is 38.0. The van der Waals surface area contributed by atoms with Crippen molar-refractivity contribution in [2.45, 2.75) is 405 Å². The molecule has 20 nitrogen and oxygen atoms in total. The number of aliphatic hydroxyl groups excluding tert-OH is 1. The molecule has 0 aliphatic carbocycles. The van der Waals surface area contributed by atoms with Gasteiger partial charge in [0.2, 0.25) is 13.5 Å². The lowest BCUT2D eigenvalue weighted by molar-refractivity contribution is -0.304. The van der Waals surface area contributed by atoms with Gasteiger partial charge >= 0.3 is 38.0 Å². The molecule has 27 heteroatoms.